The second-order valence-corrected chi connectivity index (χ2v) is 9.98. The molecule has 0 aliphatic carbocycles. The third kappa shape index (κ3) is 6.86. The summed E-state index contributed by atoms with van der Waals surface area (Å²) in [6, 6.07) is 21.1. The van der Waals surface area contributed by atoms with Crippen LogP contribution in [0.1, 0.15) is 16.0 Å². The molecule has 0 aliphatic rings. The normalized spacial score (nSPS) is 11.8. The second-order valence-electron chi connectivity index (χ2n) is 6.77. The van der Waals surface area contributed by atoms with Crippen LogP contribution < -0.4 is 10.1 Å². The Balaban J connectivity index is 1.76. The standard InChI is InChI=1S/C23H23NO4S2/c1-30(26,27)14-12-24-23(25)21(22-11-6-13-29-22)16-19-9-5-10-20(15-19)28-17-18-7-3-2-4-8-18/h2-11,13,15-16H,12,14,17H2,1H3,(H,24,25). The molecule has 0 atom stereocenters. The maximum Gasteiger partial charge on any atom is 0.252 e. The lowest BCUT2D eigenvalue weighted by Gasteiger charge is -2.09. The molecule has 1 amide bonds. The smallest absolute Gasteiger partial charge is 0.252 e. The summed E-state index contributed by atoms with van der Waals surface area (Å²) in [5.41, 5.74) is 2.38. The third-order valence-electron chi connectivity index (χ3n) is 4.21. The molecule has 1 aromatic heterocycles. The Morgan fingerprint density at radius 2 is 1.87 bits per heavy atom. The van der Waals surface area contributed by atoms with Crippen LogP contribution in [0.25, 0.3) is 11.6 Å². The number of carbonyl (C=O) groups is 1. The number of hydrogen-bond donors (Lipinski definition) is 1. The van der Waals surface area contributed by atoms with E-state index in [0.29, 0.717) is 17.9 Å². The van der Waals surface area contributed by atoms with Gasteiger partial charge in [0.05, 0.1) is 11.3 Å². The summed E-state index contributed by atoms with van der Waals surface area (Å²) in [5.74, 6) is 0.298. The molecule has 30 heavy (non-hydrogen) atoms. The van der Waals surface area contributed by atoms with Crippen LogP contribution in [0.3, 0.4) is 0 Å². The summed E-state index contributed by atoms with van der Waals surface area (Å²) < 4.78 is 28.5. The van der Waals surface area contributed by atoms with Gasteiger partial charge in [-0.3, -0.25) is 4.79 Å². The fraction of sp³-hybridized carbons (Fsp3) is 0.174. The van der Waals surface area contributed by atoms with Crippen molar-refractivity contribution < 1.29 is 17.9 Å². The summed E-state index contributed by atoms with van der Waals surface area (Å²) in [4.78, 5) is 13.5. The first-order chi connectivity index (χ1) is 14.4. The van der Waals surface area contributed by atoms with E-state index in [2.05, 4.69) is 5.32 Å². The maximum absolute atomic E-state index is 12.7. The largest absolute Gasteiger partial charge is 0.489 e. The Morgan fingerprint density at radius 1 is 1.07 bits per heavy atom. The van der Waals surface area contributed by atoms with Gasteiger partial charge in [-0.15, -0.1) is 11.3 Å². The minimum Gasteiger partial charge on any atom is -0.489 e. The number of hydrogen-bond acceptors (Lipinski definition) is 5. The Kier molecular flexibility index (Phi) is 7.43. The number of amides is 1. The van der Waals surface area contributed by atoms with Crippen molar-refractivity contribution in [3.05, 3.63) is 88.1 Å². The molecule has 5 nitrogen and oxygen atoms in total. The van der Waals surface area contributed by atoms with Crippen molar-refractivity contribution in [3.63, 3.8) is 0 Å². The number of ether oxygens (including phenoxy) is 1. The number of thiophene rings is 1. The molecular weight excluding hydrogens is 418 g/mol. The molecule has 3 rings (SSSR count). The van der Waals surface area contributed by atoms with E-state index in [9.17, 15) is 13.2 Å². The molecule has 0 radical (unpaired) electrons. The minimum atomic E-state index is -3.14. The van der Waals surface area contributed by atoms with Crippen LogP contribution >= 0.6 is 11.3 Å². The van der Waals surface area contributed by atoms with Crippen LogP contribution in [-0.4, -0.2) is 32.9 Å². The lowest BCUT2D eigenvalue weighted by Crippen LogP contribution is -2.29. The Bertz CT molecular complexity index is 1110. The van der Waals surface area contributed by atoms with E-state index in [4.69, 9.17) is 4.74 Å². The summed E-state index contributed by atoms with van der Waals surface area (Å²) >= 11 is 1.45. The van der Waals surface area contributed by atoms with E-state index in [0.717, 1.165) is 22.3 Å². The first kappa shape index (κ1) is 21.8. The molecule has 0 bridgehead atoms. The van der Waals surface area contributed by atoms with Crippen LogP contribution in [-0.2, 0) is 21.2 Å². The molecule has 0 spiro atoms. The minimum absolute atomic E-state index is 0.0700. The number of rotatable bonds is 9. The zero-order valence-electron chi connectivity index (χ0n) is 16.6. The zero-order valence-corrected chi connectivity index (χ0v) is 18.2. The third-order valence-corrected chi connectivity index (χ3v) is 6.06. The number of sulfone groups is 1. The summed E-state index contributed by atoms with van der Waals surface area (Å²) in [6.45, 7) is 0.526. The van der Waals surface area contributed by atoms with Crippen LogP contribution in [0.5, 0.6) is 5.75 Å². The molecule has 2 aromatic carbocycles. The second kappa shape index (κ2) is 10.2. The van der Waals surface area contributed by atoms with E-state index in [1.54, 1.807) is 6.08 Å². The van der Waals surface area contributed by atoms with Crippen LogP contribution in [0.15, 0.2) is 72.1 Å². The summed E-state index contributed by atoms with van der Waals surface area (Å²) in [6.07, 6.45) is 2.94. The van der Waals surface area contributed by atoms with Crippen molar-refractivity contribution in [1.82, 2.24) is 5.32 Å². The maximum atomic E-state index is 12.7. The van der Waals surface area contributed by atoms with Gasteiger partial charge in [-0.1, -0.05) is 48.5 Å². The first-order valence-electron chi connectivity index (χ1n) is 9.39. The van der Waals surface area contributed by atoms with Gasteiger partial charge in [0.1, 0.15) is 22.2 Å². The van der Waals surface area contributed by atoms with Crippen molar-refractivity contribution >= 4 is 38.7 Å². The van der Waals surface area contributed by atoms with E-state index >= 15 is 0 Å². The molecule has 1 N–H and O–H groups in total. The Morgan fingerprint density at radius 3 is 2.57 bits per heavy atom. The monoisotopic (exact) mass is 441 g/mol. The van der Waals surface area contributed by atoms with Gasteiger partial charge in [0.2, 0.25) is 0 Å². The average molecular weight is 442 g/mol. The number of nitrogens with one attached hydrogen (secondary N) is 1. The van der Waals surface area contributed by atoms with Gasteiger partial charge in [0, 0.05) is 17.7 Å². The van der Waals surface area contributed by atoms with E-state index < -0.39 is 9.84 Å². The molecule has 0 unspecified atom stereocenters. The SMILES string of the molecule is CS(=O)(=O)CCNC(=O)C(=Cc1cccc(OCc2ccccc2)c1)c1cccs1. The van der Waals surface area contributed by atoms with Crippen molar-refractivity contribution in [1.29, 1.82) is 0 Å². The molecular formula is C23H23NO4S2. The molecule has 156 valence electrons. The lowest BCUT2D eigenvalue weighted by atomic mass is 10.1. The average Bonchev–Trinajstić information content (AvgIpc) is 3.25. The van der Waals surface area contributed by atoms with E-state index in [1.807, 2.05) is 72.1 Å². The lowest BCUT2D eigenvalue weighted by molar-refractivity contribution is -0.115. The highest BCUT2D eigenvalue weighted by atomic mass is 32.2. The van der Waals surface area contributed by atoms with Gasteiger partial charge < -0.3 is 10.1 Å². The van der Waals surface area contributed by atoms with Crippen molar-refractivity contribution in [3.8, 4) is 5.75 Å². The van der Waals surface area contributed by atoms with Gasteiger partial charge in [0.25, 0.3) is 5.91 Å². The van der Waals surface area contributed by atoms with E-state index in [1.165, 1.54) is 11.3 Å². The van der Waals surface area contributed by atoms with Crippen LogP contribution in [0.4, 0.5) is 0 Å². The van der Waals surface area contributed by atoms with Gasteiger partial charge in [-0.05, 0) is 40.8 Å². The van der Waals surface area contributed by atoms with Gasteiger partial charge in [0.15, 0.2) is 0 Å². The Labute approximate surface area is 181 Å². The zero-order chi connectivity index (χ0) is 21.4. The Hall–Kier alpha value is -2.90. The van der Waals surface area contributed by atoms with Gasteiger partial charge in [-0.25, -0.2) is 8.42 Å². The van der Waals surface area contributed by atoms with Gasteiger partial charge >= 0.3 is 0 Å². The topological polar surface area (TPSA) is 72.5 Å². The van der Waals surface area contributed by atoms with Crippen LogP contribution in [0.2, 0.25) is 0 Å². The van der Waals surface area contributed by atoms with Gasteiger partial charge in [-0.2, -0.15) is 0 Å². The highest BCUT2D eigenvalue weighted by Gasteiger charge is 2.14. The van der Waals surface area contributed by atoms with E-state index in [-0.39, 0.29) is 18.2 Å². The number of benzene rings is 2. The molecule has 0 fully saturated rings. The van der Waals surface area contributed by atoms with Crippen molar-refractivity contribution in [2.24, 2.45) is 0 Å². The predicted octanol–water partition coefficient (Wildman–Crippen LogP) is 4.03. The summed E-state index contributed by atoms with van der Waals surface area (Å²) in [7, 11) is -3.14. The van der Waals surface area contributed by atoms with Crippen LogP contribution in [0, 0.1) is 0 Å². The summed E-state index contributed by atoms with van der Waals surface area (Å²) in [5, 5.41) is 4.59. The highest BCUT2D eigenvalue weighted by molar-refractivity contribution is 7.90. The predicted molar refractivity (Wildman–Crippen MR) is 122 cm³/mol. The number of carbonyl (C=O) groups excluding carboxylic acids is 1. The quantitative estimate of drug-likeness (QED) is 0.509. The van der Waals surface area contributed by atoms with Crippen molar-refractivity contribution in [2.45, 2.75) is 6.61 Å². The molecule has 0 saturated carbocycles. The highest BCUT2D eigenvalue weighted by Crippen LogP contribution is 2.25. The molecule has 7 heteroatoms. The molecule has 1 heterocycles. The fourth-order valence-electron chi connectivity index (χ4n) is 2.73. The molecule has 0 aliphatic heterocycles. The first-order valence-corrected chi connectivity index (χ1v) is 12.3. The van der Waals surface area contributed by atoms with Crippen molar-refractivity contribution in [2.75, 3.05) is 18.6 Å². The molecule has 3 aromatic rings. The fourth-order valence-corrected chi connectivity index (χ4v) is 3.94. The molecule has 0 saturated heterocycles.